The number of nitrogens with zero attached hydrogens (tertiary/aromatic N) is 1. The Morgan fingerprint density at radius 1 is 1.32 bits per heavy atom. The van der Waals surface area contributed by atoms with Crippen LogP contribution in [0.25, 0.3) is 0 Å². The van der Waals surface area contributed by atoms with Crippen LogP contribution in [-0.2, 0) is 14.3 Å². The van der Waals surface area contributed by atoms with Crippen LogP contribution in [0.1, 0.15) is 0 Å². The quantitative estimate of drug-likeness (QED) is 0.398. The SMILES string of the molecule is COC(=O)C1=CN(C)C(C(SC)SC)C(C(=O)C(Cl)(Cl)Cl)=C1. The third-order valence-corrected chi connectivity index (χ3v) is 6.19. The summed E-state index contributed by atoms with van der Waals surface area (Å²) in [5, 5.41) is 0. The number of carbonyl (C=O) groups excluding carboxylic acids is 2. The molecule has 1 aliphatic rings. The minimum Gasteiger partial charge on any atom is -0.465 e. The molecule has 1 atom stereocenters. The Balaban J connectivity index is 3.35. The first-order valence-electron chi connectivity index (χ1n) is 6.08. The maximum Gasteiger partial charge on any atom is 0.339 e. The van der Waals surface area contributed by atoms with E-state index in [1.165, 1.54) is 13.2 Å². The number of Topliss-reactive ketones (excluding diaryl/α,β-unsaturated/α-hetero) is 1. The first-order valence-corrected chi connectivity index (χ1v) is 9.79. The molecule has 0 aromatic rings. The average molecular weight is 405 g/mol. The molecule has 22 heavy (non-hydrogen) atoms. The van der Waals surface area contributed by atoms with E-state index in [1.807, 2.05) is 12.5 Å². The van der Waals surface area contributed by atoms with Gasteiger partial charge >= 0.3 is 5.97 Å². The maximum atomic E-state index is 12.5. The van der Waals surface area contributed by atoms with Crippen molar-refractivity contribution in [3.05, 3.63) is 23.4 Å². The lowest BCUT2D eigenvalue weighted by Crippen LogP contribution is -2.44. The van der Waals surface area contributed by atoms with E-state index in [0.29, 0.717) is 0 Å². The smallest absolute Gasteiger partial charge is 0.339 e. The fourth-order valence-electron chi connectivity index (χ4n) is 2.09. The number of carbonyl (C=O) groups is 2. The molecule has 1 rings (SSSR count). The van der Waals surface area contributed by atoms with Gasteiger partial charge in [0.25, 0.3) is 3.79 Å². The number of ether oxygens (including phenoxy) is 1. The lowest BCUT2D eigenvalue weighted by Gasteiger charge is -2.37. The summed E-state index contributed by atoms with van der Waals surface area (Å²) in [5.74, 6) is -1.19. The highest BCUT2D eigenvalue weighted by molar-refractivity contribution is 8.16. The van der Waals surface area contributed by atoms with Crippen LogP contribution in [0.3, 0.4) is 0 Å². The predicted molar refractivity (Wildman–Crippen MR) is 95.8 cm³/mol. The topological polar surface area (TPSA) is 46.6 Å². The van der Waals surface area contributed by atoms with Crippen molar-refractivity contribution in [3.8, 4) is 0 Å². The van der Waals surface area contributed by atoms with E-state index in [4.69, 9.17) is 39.5 Å². The third-order valence-electron chi connectivity index (χ3n) is 3.07. The molecule has 0 aromatic carbocycles. The normalized spacial score (nSPS) is 18.9. The molecule has 4 nitrogen and oxygen atoms in total. The molecular formula is C13H16Cl3NO3S2. The highest BCUT2D eigenvalue weighted by atomic mass is 35.6. The Kier molecular flexibility index (Phi) is 7.46. The van der Waals surface area contributed by atoms with Gasteiger partial charge in [-0.25, -0.2) is 4.79 Å². The van der Waals surface area contributed by atoms with Gasteiger partial charge in [0, 0.05) is 18.8 Å². The Bertz CT molecular complexity index is 513. The molecule has 0 aromatic heterocycles. The predicted octanol–water partition coefficient (Wildman–Crippen LogP) is 3.28. The van der Waals surface area contributed by atoms with Crippen molar-refractivity contribution in [2.24, 2.45) is 0 Å². The standard InChI is InChI=1S/C13H16Cl3NO3S2/c1-17-6-7(11(19)20-2)5-8(10(18)13(14,15)16)9(17)12(21-3)22-4/h5-6,9,12H,1-4H3. The minimum absolute atomic E-state index is 0.0306. The number of alkyl halides is 3. The van der Waals surface area contributed by atoms with Crippen LogP contribution in [0.5, 0.6) is 0 Å². The van der Waals surface area contributed by atoms with Crippen LogP contribution >= 0.6 is 58.3 Å². The zero-order valence-corrected chi connectivity index (χ0v) is 16.3. The zero-order valence-electron chi connectivity index (χ0n) is 12.4. The number of halogens is 3. The van der Waals surface area contributed by atoms with E-state index in [9.17, 15) is 9.59 Å². The fraction of sp³-hybridized carbons (Fsp3) is 0.538. The first kappa shape index (κ1) is 20.0. The van der Waals surface area contributed by atoms with Crippen LogP contribution in [0.15, 0.2) is 23.4 Å². The van der Waals surface area contributed by atoms with Gasteiger partial charge in [0.15, 0.2) is 0 Å². The van der Waals surface area contributed by atoms with Gasteiger partial charge in [0.05, 0.1) is 23.3 Å². The summed E-state index contributed by atoms with van der Waals surface area (Å²) in [6.07, 6.45) is 6.95. The highest BCUT2D eigenvalue weighted by Gasteiger charge is 2.41. The molecule has 0 amide bonds. The van der Waals surface area contributed by atoms with Gasteiger partial charge in [-0.15, -0.1) is 23.5 Å². The number of rotatable bonds is 5. The number of methoxy groups -OCH3 is 1. The fourth-order valence-corrected chi connectivity index (χ4v) is 4.38. The van der Waals surface area contributed by atoms with Gasteiger partial charge < -0.3 is 9.64 Å². The second kappa shape index (κ2) is 8.20. The Hall–Kier alpha value is -0.0100. The summed E-state index contributed by atoms with van der Waals surface area (Å²) in [4.78, 5) is 26.0. The molecule has 9 heteroatoms. The number of thioether (sulfide) groups is 2. The van der Waals surface area contributed by atoms with E-state index in [0.717, 1.165) is 0 Å². The van der Waals surface area contributed by atoms with E-state index in [1.54, 1.807) is 41.7 Å². The summed E-state index contributed by atoms with van der Waals surface area (Å²) in [6, 6.07) is -0.318. The lowest BCUT2D eigenvalue weighted by molar-refractivity contribution is -0.135. The van der Waals surface area contributed by atoms with Crippen LogP contribution in [0.4, 0.5) is 0 Å². The van der Waals surface area contributed by atoms with Crippen molar-refractivity contribution in [2.75, 3.05) is 26.7 Å². The molecule has 0 aliphatic carbocycles. The second-order valence-corrected chi connectivity index (χ2v) is 8.99. The number of likely N-dealkylation sites (N-methyl/N-ethyl adjacent to an activating group) is 1. The molecule has 0 spiro atoms. The van der Waals surface area contributed by atoms with Gasteiger partial charge in [-0.3, -0.25) is 4.79 Å². The van der Waals surface area contributed by atoms with Crippen molar-refractivity contribution < 1.29 is 14.3 Å². The molecule has 1 heterocycles. The summed E-state index contributed by atoms with van der Waals surface area (Å²) < 4.78 is 2.65. The van der Waals surface area contributed by atoms with Crippen LogP contribution in [0, 0.1) is 0 Å². The maximum absolute atomic E-state index is 12.5. The highest BCUT2D eigenvalue weighted by Crippen LogP contribution is 2.38. The van der Waals surface area contributed by atoms with Crippen LogP contribution in [0.2, 0.25) is 0 Å². The molecule has 0 N–H and O–H groups in total. The van der Waals surface area contributed by atoms with Crippen molar-refractivity contribution in [1.82, 2.24) is 4.90 Å². The molecule has 0 saturated heterocycles. The van der Waals surface area contributed by atoms with Gasteiger partial charge in [0.2, 0.25) is 5.78 Å². The van der Waals surface area contributed by atoms with Gasteiger partial charge in [-0.1, -0.05) is 34.8 Å². The Morgan fingerprint density at radius 3 is 2.27 bits per heavy atom. The van der Waals surface area contributed by atoms with Crippen molar-refractivity contribution >= 4 is 70.1 Å². The summed E-state index contributed by atoms with van der Waals surface area (Å²) in [6.45, 7) is 0. The average Bonchev–Trinajstić information content (AvgIpc) is 2.46. The zero-order chi connectivity index (χ0) is 17.1. The first-order chi connectivity index (χ1) is 10.2. The third kappa shape index (κ3) is 4.51. The number of esters is 1. The molecule has 124 valence electrons. The summed E-state index contributed by atoms with van der Waals surface area (Å²) >= 11 is 20.4. The molecule has 1 unspecified atom stereocenters. The van der Waals surface area contributed by atoms with Gasteiger partial charge in [-0.05, 0) is 18.6 Å². The van der Waals surface area contributed by atoms with E-state index < -0.39 is 15.5 Å². The Morgan fingerprint density at radius 2 is 1.86 bits per heavy atom. The summed E-state index contributed by atoms with van der Waals surface area (Å²) in [7, 11) is 3.04. The molecule has 0 fully saturated rings. The van der Waals surface area contributed by atoms with Crippen molar-refractivity contribution in [2.45, 2.75) is 14.4 Å². The summed E-state index contributed by atoms with van der Waals surface area (Å²) in [5.41, 5.74) is 0.513. The van der Waals surface area contributed by atoms with E-state index >= 15 is 0 Å². The van der Waals surface area contributed by atoms with Gasteiger partial charge in [-0.2, -0.15) is 0 Å². The molecule has 0 radical (unpaired) electrons. The molecule has 1 aliphatic heterocycles. The monoisotopic (exact) mass is 403 g/mol. The van der Waals surface area contributed by atoms with Crippen molar-refractivity contribution in [1.29, 1.82) is 0 Å². The molecule has 0 saturated carbocycles. The lowest BCUT2D eigenvalue weighted by atomic mass is 9.97. The Labute approximate surface area is 153 Å². The largest absolute Gasteiger partial charge is 0.465 e. The number of hydrogen-bond donors (Lipinski definition) is 0. The van der Waals surface area contributed by atoms with E-state index in [2.05, 4.69) is 0 Å². The van der Waals surface area contributed by atoms with Crippen molar-refractivity contribution in [3.63, 3.8) is 0 Å². The second-order valence-electron chi connectivity index (χ2n) is 4.45. The minimum atomic E-state index is -2.08. The van der Waals surface area contributed by atoms with Gasteiger partial charge in [0.1, 0.15) is 0 Å². The molecular weight excluding hydrogens is 389 g/mol. The number of ketones is 1. The molecule has 0 bridgehead atoms. The van der Waals surface area contributed by atoms with Crippen LogP contribution < -0.4 is 0 Å². The van der Waals surface area contributed by atoms with E-state index in [-0.39, 0.29) is 21.8 Å². The number of hydrogen-bond acceptors (Lipinski definition) is 6. The van der Waals surface area contributed by atoms with Crippen LogP contribution in [-0.4, -0.2) is 57.7 Å².